The average molecular weight is 350 g/mol. The molecule has 0 atom stereocenters. The van der Waals surface area contributed by atoms with Crippen LogP contribution in [0.5, 0.6) is 0 Å². The number of nitrogens with one attached hydrogen (secondary N) is 1. The van der Waals surface area contributed by atoms with Gasteiger partial charge in [0.15, 0.2) is 5.13 Å². The van der Waals surface area contributed by atoms with Crippen molar-refractivity contribution in [3.05, 3.63) is 70.6 Å². The molecule has 1 N–H and O–H groups in total. The number of rotatable bonds is 3. The number of anilines is 1. The van der Waals surface area contributed by atoms with Gasteiger partial charge in [-0.05, 0) is 30.0 Å². The molecular weight excluding hydrogens is 328 g/mol. The summed E-state index contributed by atoms with van der Waals surface area (Å²) in [5.74, 6) is -0.134. The molecule has 0 saturated carbocycles. The fraction of sp³-hybridized carbons (Fsp3) is 0.238. The van der Waals surface area contributed by atoms with E-state index in [9.17, 15) is 4.79 Å². The largest absolute Gasteiger partial charge is 0.298 e. The summed E-state index contributed by atoms with van der Waals surface area (Å²) >= 11 is 1.44. The molecule has 0 aliphatic rings. The quantitative estimate of drug-likeness (QED) is 0.661. The SMILES string of the molecule is Cc1ccc(-c2csc(NC(=O)c3ccc(C(C)(C)C)cc3)n2)cc1. The first-order valence-corrected chi connectivity index (χ1v) is 9.15. The molecule has 3 rings (SSSR count). The number of thiazole rings is 1. The van der Waals surface area contributed by atoms with Gasteiger partial charge in [0.25, 0.3) is 5.91 Å². The normalized spacial score (nSPS) is 11.4. The van der Waals surface area contributed by atoms with Crippen LogP contribution < -0.4 is 5.32 Å². The lowest BCUT2D eigenvalue weighted by molar-refractivity contribution is 0.102. The Hall–Kier alpha value is -2.46. The Labute approximate surface area is 152 Å². The Morgan fingerprint density at radius 2 is 1.64 bits per heavy atom. The Balaban J connectivity index is 1.72. The number of nitrogens with zero attached hydrogens (tertiary/aromatic N) is 1. The minimum absolute atomic E-state index is 0.0766. The van der Waals surface area contributed by atoms with Crippen LogP contribution in [0.2, 0.25) is 0 Å². The minimum Gasteiger partial charge on any atom is -0.298 e. The van der Waals surface area contributed by atoms with Crippen LogP contribution in [0.1, 0.15) is 42.3 Å². The molecule has 0 saturated heterocycles. The van der Waals surface area contributed by atoms with Crippen LogP contribution in [0.4, 0.5) is 5.13 Å². The van der Waals surface area contributed by atoms with Gasteiger partial charge in [0.05, 0.1) is 5.69 Å². The lowest BCUT2D eigenvalue weighted by Crippen LogP contribution is -2.14. The predicted octanol–water partition coefficient (Wildman–Crippen LogP) is 5.67. The van der Waals surface area contributed by atoms with Crippen molar-refractivity contribution in [2.24, 2.45) is 0 Å². The fourth-order valence-electron chi connectivity index (χ4n) is 2.48. The van der Waals surface area contributed by atoms with E-state index in [2.05, 4.69) is 50.1 Å². The van der Waals surface area contributed by atoms with E-state index in [1.807, 2.05) is 41.8 Å². The van der Waals surface area contributed by atoms with E-state index in [0.29, 0.717) is 10.7 Å². The molecule has 0 aliphatic heterocycles. The maximum absolute atomic E-state index is 12.4. The molecule has 0 unspecified atom stereocenters. The first-order valence-electron chi connectivity index (χ1n) is 8.27. The van der Waals surface area contributed by atoms with Gasteiger partial charge in [-0.3, -0.25) is 10.1 Å². The maximum atomic E-state index is 12.4. The number of aryl methyl sites for hydroxylation is 1. The van der Waals surface area contributed by atoms with E-state index < -0.39 is 0 Å². The number of hydrogen-bond acceptors (Lipinski definition) is 3. The zero-order valence-corrected chi connectivity index (χ0v) is 15.8. The fourth-order valence-corrected chi connectivity index (χ4v) is 3.19. The lowest BCUT2D eigenvalue weighted by Gasteiger charge is -2.18. The summed E-state index contributed by atoms with van der Waals surface area (Å²) in [6.07, 6.45) is 0. The highest BCUT2D eigenvalue weighted by Gasteiger charge is 2.15. The molecule has 4 heteroatoms. The molecule has 0 radical (unpaired) electrons. The smallest absolute Gasteiger partial charge is 0.257 e. The lowest BCUT2D eigenvalue weighted by atomic mass is 9.87. The van der Waals surface area contributed by atoms with Crippen LogP contribution in [-0.4, -0.2) is 10.9 Å². The third-order valence-electron chi connectivity index (χ3n) is 4.09. The number of amides is 1. The number of carbonyl (C=O) groups excluding carboxylic acids is 1. The highest BCUT2D eigenvalue weighted by molar-refractivity contribution is 7.14. The van der Waals surface area contributed by atoms with Crippen LogP contribution in [0, 0.1) is 6.92 Å². The van der Waals surface area contributed by atoms with Crippen molar-refractivity contribution in [3.63, 3.8) is 0 Å². The Bertz CT molecular complexity index is 872. The van der Waals surface area contributed by atoms with E-state index in [4.69, 9.17) is 0 Å². The van der Waals surface area contributed by atoms with Crippen molar-refractivity contribution >= 4 is 22.4 Å². The minimum atomic E-state index is -0.134. The van der Waals surface area contributed by atoms with Crippen molar-refractivity contribution < 1.29 is 4.79 Å². The maximum Gasteiger partial charge on any atom is 0.257 e. The van der Waals surface area contributed by atoms with Gasteiger partial charge in [-0.15, -0.1) is 11.3 Å². The van der Waals surface area contributed by atoms with Crippen LogP contribution >= 0.6 is 11.3 Å². The van der Waals surface area contributed by atoms with Crippen molar-refractivity contribution in [1.29, 1.82) is 0 Å². The molecule has 0 aliphatic carbocycles. The third-order valence-corrected chi connectivity index (χ3v) is 4.84. The highest BCUT2D eigenvalue weighted by atomic mass is 32.1. The first-order chi connectivity index (χ1) is 11.8. The van der Waals surface area contributed by atoms with Gasteiger partial charge in [-0.25, -0.2) is 4.98 Å². The molecule has 128 valence electrons. The van der Waals surface area contributed by atoms with Crippen LogP contribution in [0.25, 0.3) is 11.3 Å². The summed E-state index contributed by atoms with van der Waals surface area (Å²) in [5.41, 5.74) is 5.07. The van der Waals surface area contributed by atoms with Crippen molar-refractivity contribution in [3.8, 4) is 11.3 Å². The Kier molecular flexibility index (Phi) is 4.73. The molecule has 2 aromatic carbocycles. The summed E-state index contributed by atoms with van der Waals surface area (Å²) in [6, 6.07) is 16.0. The van der Waals surface area contributed by atoms with Gasteiger partial charge < -0.3 is 0 Å². The second-order valence-electron chi connectivity index (χ2n) is 7.19. The third kappa shape index (κ3) is 4.15. The number of hydrogen-bond donors (Lipinski definition) is 1. The molecule has 25 heavy (non-hydrogen) atoms. The van der Waals surface area contributed by atoms with E-state index in [1.165, 1.54) is 22.5 Å². The first kappa shape index (κ1) is 17.4. The second kappa shape index (κ2) is 6.81. The topological polar surface area (TPSA) is 42.0 Å². The monoisotopic (exact) mass is 350 g/mol. The number of benzene rings is 2. The number of aromatic nitrogens is 1. The van der Waals surface area contributed by atoms with Crippen LogP contribution in [0.15, 0.2) is 53.9 Å². The molecule has 1 aromatic heterocycles. The zero-order chi connectivity index (χ0) is 18.0. The van der Waals surface area contributed by atoms with Gasteiger partial charge in [0.1, 0.15) is 0 Å². The van der Waals surface area contributed by atoms with E-state index in [0.717, 1.165) is 11.3 Å². The second-order valence-corrected chi connectivity index (χ2v) is 8.04. The summed E-state index contributed by atoms with van der Waals surface area (Å²) in [4.78, 5) is 16.9. The van der Waals surface area contributed by atoms with E-state index in [1.54, 1.807) is 0 Å². The van der Waals surface area contributed by atoms with Gasteiger partial charge in [-0.1, -0.05) is 62.7 Å². The molecule has 0 bridgehead atoms. The van der Waals surface area contributed by atoms with Crippen molar-refractivity contribution in [2.75, 3.05) is 5.32 Å². The van der Waals surface area contributed by atoms with E-state index in [-0.39, 0.29) is 11.3 Å². The van der Waals surface area contributed by atoms with E-state index >= 15 is 0 Å². The standard InChI is InChI=1S/C21H22N2OS/c1-14-5-7-15(8-6-14)18-13-25-20(22-18)23-19(24)16-9-11-17(12-10-16)21(2,3)4/h5-13H,1-4H3,(H,22,23,24). The Morgan fingerprint density at radius 1 is 1.00 bits per heavy atom. The summed E-state index contributed by atoms with van der Waals surface area (Å²) in [5, 5.41) is 5.46. The van der Waals surface area contributed by atoms with Crippen LogP contribution in [-0.2, 0) is 5.41 Å². The molecule has 1 amide bonds. The molecule has 3 aromatic rings. The van der Waals surface area contributed by atoms with Gasteiger partial charge >= 0.3 is 0 Å². The Morgan fingerprint density at radius 3 is 2.24 bits per heavy atom. The van der Waals surface area contributed by atoms with Gasteiger partial charge in [0, 0.05) is 16.5 Å². The molecule has 0 fully saturated rings. The molecule has 3 nitrogen and oxygen atoms in total. The molecule has 1 heterocycles. The predicted molar refractivity (Wildman–Crippen MR) is 105 cm³/mol. The number of carbonyl (C=O) groups is 1. The van der Waals surface area contributed by atoms with Crippen molar-refractivity contribution in [1.82, 2.24) is 4.98 Å². The molecular formula is C21H22N2OS. The zero-order valence-electron chi connectivity index (χ0n) is 15.0. The summed E-state index contributed by atoms with van der Waals surface area (Å²) in [7, 11) is 0. The summed E-state index contributed by atoms with van der Waals surface area (Å²) in [6.45, 7) is 8.53. The van der Waals surface area contributed by atoms with Crippen molar-refractivity contribution in [2.45, 2.75) is 33.1 Å². The highest BCUT2D eigenvalue weighted by Crippen LogP contribution is 2.26. The van der Waals surface area contributed by atoms with Crippen LogP contribution in [0.3, 0.4) is 0 Å². The van der Waals surface area contributed by atoms with Gasteiger partial charge in [0.2, 0.25) is 0 Å². The average Bonchev–Trinajstić information content (AvgIpc) is 3.03. The molecule has 0 spiro atoms. The van der Waals surface area contributed by atoms with Gasteiger partial charge in [-0.2, -0.15) is 0 Å². The summed E-state index contributed by atoms with van der Waals surface area (Å²) < 4.78 is 0.